The molecule has 0 saturated carbocycles. The monoisotopic (exact) mass is 440 g/mol. The lowest BCUT2D eigenvalue weighted by atomic mass is 9.80. The van der Waals surface area contributed by atoms with E-state index in [2.05, 4.69) is 10.2 Å². The van der Waals surface area contributed by atoms with Crippen LogP contribution < -0.4 is 0 Å². The van der Waals surface area contributed by atoms with Gasteiger partial charge in [0.15, 0.2) is 0 Å². The van der Waals surface area contributed by atoms with Crippen LogP contribution in [-0.4, -0.2) is 82.4 Å². The van der Waals surface area contributed by atoms with E-state index in [1.165, 1.54) is 6.26 Å². The third kappa shape index (κ3) is 5.69. The normalized spacial score (nSPS) is 20.1. The Labute approximate surface area is 165 Å². The molecule has 2 N–H and O–H groups in total. The number of aromatic amines is 1. The van der Waals surface area contributed by atoms with Crippen molar-refractivity contribution in [3.8, 4) is 0 Å². The third-order valence-corrected chi connectivity index (χ3v) is 6.51. The zero-order valence-corrected chi connectivity index (χ0v) is 16.6. The fourth-order valence-electron chi connectivity index (χ4n) is 3.76. The van der Waals surface area contributed by atoms with Gasteiger partial charge in [0, 0.05) is 31.4 Å². The summed E-state index contributed by atoms with van der Waals surface area (Å²) in [5.74, 6) is -2.82. The Bertz CT molecular complexity index is 818. The largest absolute Gasteiger partial charge is 0.490 e. The van der Waals surface area contributed by atoms with E-state index < -0.39 is 22.2 Å². The lowest BCUT2D eigenvalue weighted by Crippen LogP contribution is -2.59. The zero-order valence-electron chi connectivity index (χ0n) is 15.8. The average molecular weight is 440 g/mol. The maximum absolute atomic E-state index is 12.3. The van der Waals surface area contributed by atoms with Gasteiger partial charge in [0.1, 0.15) is 5.69 Å². The van der Waals surface area contributed by atoms with Crippen molar-refractivity contribution in [2.75, 3.05) is 25.9 Å². The molecule has 1 amide bonds. The summed E-state index contributed by atoms with van der Waals surface area (Å²) in [4.78, 5) is 23.0. The molecule has 0 atom stereocenters. The number of hydrogen-bond acceptors (Lipinski definition) is 5. The van der Waals surface area contributed by atoms with Gasteiger partial charge in [0.2, 0.25) is 10.0 Å². The molecule has 0 aromatic carbocycles. The third-order valence-electron chi connectivity index (χ3n) is 5.14. The van der Waals surface area contributed by atoms with Crippen LogP contribution in [0.4, 0.5) is 13.2 Å². The van der Waals surface area contributed by atoms with Crippen LogP contribution in [0.25, 0.3) is 0 Å². The summed E-state index contributed by atoms with van der Waals surface area (Å²) in [6.45, 7) is 1.78. The Morgan fingerprint density at radius 2 is 1.76 bits per heavy atom. The van der Waals surface area contributed by atoms with Crippen molar-refractivity contribution in [3.05, 3.63) is 18.0 Å². The van der Waals surface area contributed by atoms with E-state index in [1.54, 1.807) is 21.5 Å². The molecule has 2 aliphatic heterocycles. The first kappa shape index (κ1) is 23.1. The quantitative estimate of drug-likeness (QED) is 0.718. The number of hydrogen-bond donors (Lipinski definition) is 2. The molecule has 0 bridgehead atoms. The Morgan fingerprint density at radius 1 is 1.17 bits per heavy atom. The molecule has 1 spiro atoms. The number of piperidine rings is 2. The van der Waals surface area contributed by atoms with Crippen molar-refractivity contribution >= 4 is 21.9 Å². The number of carbonyl (C=O) groups excluding carboxylic acids is 1. The van der Waals surface area contributed by atoms with Gasteiger partial charge >= 0.3 is 12.1 Å². The van der Waals surface area contributed by atoms with Crippen LogP contribution in [0.1, 0.15) is 42.6 Å². The van der Waals surface area contributed by atoms with Gasteiger partial charge in [0.25, 0.3) is 5.91 Å². The fourth-order valence-corrected chi connectivity index (χ4v) is 5.20. The Hall–Kier alpha value is -2.15. The summed E-state index contributed by atoms with van der Waals surface area (Å²) in [5.41, 5.74) is 0.191. The second-order valence-electron chi connectivity index (χ2n) is 7.08. The van der Waals surface area contributed by atoms with Crippen molar-refractivity contribution in [3.63, 3.8) is 0 Å². The molecular weight excluding hydrogens is 417 g/mol. The summed E-state index contributed by atoms with van der Waals surface area (Å²) < 4.78 is 57.6. The van der Waals surface area contributed by atoms with Gasteiger partial charge in [-0.2, -0.15) is 22.6 Å². The zero-order chi connectivity index (χ0) is 21.9. The fraction of sp³-hybridized carbons (Fsp3) is 0.688. The van der Waals surface area contributed by atoms with Crippen LogP contribution >= 0.6 is 0 Å². The van der Waals surface area contributed by atoms with Crippen molar-refractivity contribution < 1.29 is 36.3 Å². The van der Waals surface area contributed by atoms with E-state index >= 15 is 0 Å². The average Bonchev–Trinajstić information content (AvgIpc) is 3.15. The number of carboxylic acid groups (broad SMARTS) is 1. The molecule has 1 aromatic rings. The van der Waals surface area contributed by atoms with Gasteiger partial charge in [-0.1, -0.05) is 6.42 Å². The molecule has 29 heavy (non-hydrogen) atoms. The maximum Gasteiger partial charge on any atom is 0.490 e. The van der Waals surface area contributed by atoms with Crippen LogP contribution in [-0.2, 0) is 14.8 Å². The summed E-state index contributed by atoms with van der Waals surface area (Å²) >= 11 is 0. The molecule has 2 aliphatic rings. The maximum atomic E-state index is 12.3. The van der Waals surface area contributed by atoms with E-state index in [0.717, 1.165) is 19.3 Å². The summed E-state index contributed by atoms with van der Waals surface area (Å²) in [7, 11) is -3.20. The molecule has 0 radical (unpaired) electrons. The molecule has 164 valence electrons. The van der Waals surface area contributed by atoms with Crippen LogP contribution in [0.15, 0.2) is 12.3 Å². The number of H-pyrrole nitrogens is 1. The van der Waals surface area contributed by atoms with Crippen molar-refractivity contribution in [1.82, 2.24) is 19.4 Å². The summed E-state index contributed by atoms with van der Waals surface area (Å²) in [5, 5.41) is 13.6. The molecule has 0 unspecified atom stereocenters. The molecule has 9 nitrogen and oxygen atoms in total. The van der Waals surface area contributed by atoms with Gasteiger partial charge in [-0.3, -0.25) is 9.89 Å². The number of nitrogens with zero attached hydrogens (tertiary/aromatic N) is 3. The highest BCUT2D eigenvalue weighted by Crippen LogP contribution is 2.39. The second kappa shape index (κ2) is 8.69. The number of aliphatic carboxylic acids is 1. The topological polar surface area (TPSA) is 124 Å². The first-order valence-corrected chi connectivity index (χ1v) is 10.8. The summed E-state index contributed by atoms with van der Waals surface area (Å²) in [6, 6.07) is 1.66. The number of nitrogens with one attached hydrogen (secondary N) is 1. The van der Waals surface area contributed by atoms with E-state index in [4.69, 9.17) is 9.90 Å². The minimum absolute atomic E-state index is 0.0611. The lowest BCUT2D eigenvalue weighted by molar-refractivity contribution is -0.192. The SMILES string of the molecule is CS(=O)(=O)N1CCCCC12CCN(C(=O)c1ccn[nH]1)CC2.O=C(O)C(F)(F)F. The predicted molar refractivity (Wildman–Crippen MR) is 95.5 cm³/mol. The first-order valence-electron chi connectivity index (χ1n) is 8.93. The van der Waals surface area contributed by atoms with Gasteiger partial charge < -0.3 is 10.0 Å². The van der Waals surface area contributed by atoms with Gasteiger partial charge in [-0.05, 0) is 31.7 Å². The molecule has 3 heterocycles. The van der Waals surface area contributed by atoms with Crippen LogP contribution in [0.5, 0.6) is 0 Å². The highest BCUT2D eigenvalue weighted by atomic mass is 32.2. The highest BCUT2D eigenvalue weighted by Gasteiger charge is 2.46. The number of amides is 1. The molecule has 3 rings (SSSR count). The minimum Gasteiger partial charge on any atom is -0.475 e. The van der Waals surface area contributed by atoms with Crippen LogP contribution in [0, 0.1) is 0 Å². The molecular formula is C16H23F3N4O5S. The number of aromatic nitrogens is 2. The number of carboxylic acids is 1. The standard InChI is InChI=1S/C14H22N4O3S.C2HF3O2/c1-22(20,21)18-9-3-2-5-14(18)6-10-17(11-7-14)13(19)12-4-8-15-16-12;3-2(4,5)1(6)7/h4,8H,2-3,5-7,9-11H2,1H3,(H,15,16);(H,6,7). The van der Waals surface area contributed by atoms with Gasteiger partial charge in [-0.25, -0.2) is 13.2 Å². The van der Waals surface area contributed by atoms with E-state index in [-0.39, 0.29) is 11.4 Å². The van der Waals surface area contributed by atoms with Gasteiger partial charge in [0.05, 0.1) is 6.26 Å². The number of carbonyl (C=O) groups is 2. The molecule has 2 fully saturated rings. The first-order chi connectivity index (χ1) is 13.4. The number of rotatable bonds is 2. The number of likely N-dealkylation sites (tertiary alicyclic amines) is 1. The number of alkyl halides is 3. The van der Waals surface area contributed by atoms with Crippen LogP contribution in [0.3, 0.4) is 0 Å². The smallest absolute Gasteiger partial charge is 0.475 e. The highest BCUT2D eigenvalue weighted by molar-refractivity contribution is 7.88. The molecule has 1 aromatic heterocycles. The molecule has 2 saturated heterocycles. The number of halogens is 3. The molecule has 13 heteroatoms. The van der Waals surface area contributed by atoms with Crippen LogP contribution in [0.2, 0.25) is 0 Å². The predicted octanol–water partition coefficient (Wildman–Crippen LogP) is 1.46. The number of sulfonamides is 1. The Balaban J connectivity index is 0.000000370. The second-order valence-corrected chi connectivity index (χ2v) is 8.99. The lowest BCUT2D eigenvalue weighted by Gasteiger charge is -2.50. The molecule has 0 aliphatic carbocycles. The van der Waals surface area contributed by atoms with Gasteiger partial charge in [-0.15, -0.1) is 0 Å². The van der Waals surface area contributed by atoms with Crippen molar-refractivity contribution in [1.29, 1.82) is 0 Å². The van der Waals surface area contributed by atoms with E-state index in [9.17, 15) is 26.4 Å². The van der Waals surface area contributed by atoms with E-state index in [1.807, 2.05) is 0 Å². The minimum atomic E-state index is -5.08. The van der Waals surface area contributed by atoms with Crippen molar-refractivity contribution in [2.24, 2.45) is 0 Å². The summed E-state index contributed by atoms with van der Waals surface area (Å²) in [6.07, 6.45) is 2.06. The Kier molecular flexibility index (Phi) is 6.93. The Morgan fingerprint density at radius 3 is 2.21 bits per heavy atom. The van der Waals surface area contributed by atoms with E-state index in [0.29, 0.717) is 38.2 Å². The van der Waals surface area contributed by atoms with Crippen molar-refractivity contribution in [2.45, 2.75) is 43.8 Å².